The van der Waals surface area contributed by atoms with Gasteiger partial charge in [0.2, 0.25) is 0 Å². The first kappa shape index (κ1) is 21.0. The third-order valence-corrected chi connectivity index (χ3v) is 6.05. The molecule has 1 unspecified atom stereocenters. The van der Waals surface area contributed by atoms with E-state index in [1.54, 1.807) is 0 Å². The molecule has 1 atom stereocenters. The van der Waals surface area contributed by atoms with Gasteiger partial charge in [0, 0.05) is 11.6 Å². The van der Waals surface area contributed by atoms with Gasteiger partial charge in [-0.2, -0.15) is 0 Å². The molecule has 0 bridgehead atoms. The minimum atomic E-state index is 0.370. The highest BCUT2D eigenvalue weighted by Gasteiger charge is 2.33. The van der Waals surface area contributed by atoms with Crippen molar-refractivity contribution in [3.8, 4) is 0 Å². The number of likely N-dealkylation sites (tertiary alicyclic amines) is 1. The van der Waals surface area contributed by atoms with E-state index in [0.29, 0.717) is 5.54 Å². The third-order valence-electron chi connectivity index (χ3n) is 6.05. The Morgan fingerprint density at radius 3 is 1.96 bits per heavy atom. The van der Waals surface area contributed by atoms with Crippen molar-refractivity contribution in [2.24, 2.45) is 0 Å². The largest absolute Gasteiger partial charge is 0.303 e. The Kier molecular flexibility index (Phi) is 10.5. The third kappa shape index (κ3) is 8.54. The summed E-state index contributed by atoms with van der Waals surface area (Å²) in [7, 11) is 4.62. The van der Waals surface area contributed by atoms with E-state index in [9.17, 15) is 0 Å². The second-order valence-electron chi connectivity index (χ2n) is 8.54. The van der Waals surface area contributed by atoms with E-state index >= 15 is 0 Å². The van der Waals surface area contributed by atoms with Crippen LogP contribution in [0.3, 0.4) is 0 Å². The maximum Gasteiger partial charge on any atom is 0.0165 e. The van der Waals surface area contributed by atoms with Gasteiger partial charge in [0.1, 0.15) is 0 Å². The van der Waals surface area contributed by atoms with Crippen molar-refractivity contribution in [2.45, 2.75) is 109 Å². The second-order valence-corrected chi connectivity index (χ2v) is 8.54. The lowest BCUT2D eigenvalue weighted by molar-refractivity contribution is 0.0447. The van der Waals surface area contributed by atoms with Crippen molar-refractivity contribution in [1.29, 1.82) is 0 Å². The van der Waals surface area contributed by atoms with Gasteiger partial charge in [-0.25, -0.2) is 0 Å². The molecule has 1 aliphatic rings. The summed E-state index contributed by atoms with van der Waals surface area (Å²) in [6.07, 6.45) is 17.0. The van der Waals surface area contributed by atoms with Gasteiger partial charge in [-0.15, -0.1) is 0 Å². The average Bonchev–Trinajstić information content (AvgIpc) is 2.51. The minimum absolute atomic E-state index is 0.370. The molecule has 1 heterocycles. The molecule has 0 aromatic heterocycles. The standard InChI is InChI=1S/C21H44N2/c1-6-7-8-9-10-11-12-13-14-15-17-22(4)20-16-18-23(5)21(2,3)19-20/h20H,6-19H2,1-5H3. The van der Waals surface area contributed by atoms with E-state index in [-0.39, 0.29) is 0 Å². The van der Waals surface area contributed by atoms with Crippen LogP contribution in [0.1, 0.15) is 97.8 Å². The molecule has 0 amide bonds. The van der Waals surface area contributed by atoms with Crippen LogP contribution in [-0.2, 0) is 0 Å². The molecule has 0 N–H and O–H groups in total. The Hall–Kier alpha value is -0.0800. The van der Waals surface area contributed by atoms with E-state index in [1.807, 2.05) is 0 Å². The minimum Gasteiger partial charge on any atom is -0.303 e. The zero-order valence-electron chi connectivity index (χ0n) is 16.9. The van der Waals surface area contributed by atoms with Gasteiger partial charge in [-0.1, -0.05) is 64.7 Å². The normalized spacial score (nSPS) is 21.9. The van der Waals surface area contributed by atoms with E-state index in [0.717, 1.165) is 6.04 Å². The average molecular weight is 325 g/mol. The maximum atomic E-state index is 2.64. The van der Waals surface area contributed by atoms with Gasteiger partial charge < -0.3 is 9.80 Å². The number of hydrogen-bond donors (Lipinski definition) is 0. The van der Waals surface area contributed by atoms with Crippen LogP contribution >= 0.6 is 0 Å². The lowest BCUT2D eigenvalue weighted by Crippen LogP contribution is -2.53. The summed E-state index contributed by atoms with van der Waals surface area (Å²) in [5.74, 6) is 0. The molecule has 138 valence electrons. The highest BCUT2D eigenvalue weighted by atomic mass is 15.2. The van der Waals surface area contributed by atoms with E-state index in [2.05, 4.69) is 44.7 Å². The summed E-state index contributed by atoms with van der Waals surface area (Å²) in [5.41, 5.74) is 0.370. The number of rotatable bonds is 12. The zero-order valence-corrected chi connectivity index (χ0v) is 16.9. The SMILES string of the molecule is CCCCCCCCCCCCN(C)C1CCN(C)C(C)(C)C1. The highest BCUT2D eigenvalue weighted by Crippen LogP contribution is 2.28. The second kappa shape index (κ2) is 11.5. The van der Waals surface area contributed by atoms with E-state index < -0.39 is 0 Å². The first-order chi connectivity index (χ1) is 11.0. The quantitative estimate of drug-likeness (QED) is 0.424. The Morgan fingerprint density at radius 2 is 1.43 bits per heavy atom. The van der Waals surface area contributed by atoms with Crippen molar-refractivity contribution in [3.63, 3.8) is 0 Å². The lowest BCUT2D eigenvalue weighted by Gasteiger charge is -2.46. The molecule has 1 aliphatic heterocycles. The maximum absolute atomic E-state index is 2.64. The fourth-order valence-corrected chi connectivity index (χ4v) is 3.89. The van der Waals surface area contributed by atoms with Gasteiger partial charge in [-0.3, -0.25) is 0 Å². The summed E-state index contributed by atoms with van der Waals surface area (Å²) in [6, 6.07) is 0.791. The number of piperidine rings is 1. The lowest BCUT2D eigenvalue weighted by atomic mass is 9.87. The Labute approximate surface area is 147 Å². The van der Waals surface area contributed by atoms with Crippen molar-refractivity contribution >= 4 is 0 Å². The molecular formula is C21H44N2. The molecule has 1 saturated heterocycles. The number of hydrogen-bond acceptors (Lipinski definition) is 2. The molecule has 2 heteroatoms. The predicted molar refractivity (Wildman–Crippen MR) is 104 cm³/mol. The molecule has 0 spiro atoms. The smallest absolute Gasteiger partial charge is 0.0165 e. The fraction of sp³-hybridized carbons (Fsp3) is 1.00. The van der Waals surface area contributed by atoms with E-state index in [4.69, 9.17) is 0 Å². The van der Waals surface area contributed by atoms with Crippen LogP contribution in [-0.4, -0.2) is 48.6 Å². The number of unbranched alkanes of at least 4 members (excludes halogenated alkanes) is 9. The summed E-state index contributed by atoms with van der Waals surface area (Å²) in [4.78, 5) is 5.16. The van der Waals surface area contributed by atoms with Crippen LogP contribution in [0.15, 0.2) is 0 Å². The zero-order chi connectivity index (χ0) is 17.1. The van der Waals surface area contributed by atoms with Crippen molar-refractivity contribution < 1.29 is 0 Å². The molecule has 23 heavy (non-hydrogen) atoms. The summed E-state index contributed by atoms with van der Waals surface area (Å²) in [5, 5.41) is 0. The van der Waals surface area contributed by atoms with Crippen LogP contribution in [0, 0.1) is 0 Å². The van der Waals surface area contributed by atoms with Crippen LogP contribution in [0.5, 0.6) is 0 Å². The Bertz CT molecular complexity index is 288. The Balaban J connectivity index is 1.99. The summed E-state index contributed by atoms with van der Waals surface area (Å²) < 4.78 is 0. The number of nitrogens with zero attached hydrogens (tertiary/aromatic N) is 2. The van der Waals surface area contributed by atoms with Crippen LogP contribution in [0.2, 0.25) is 0 Å². The highest BCUT2D eigenvalue weighted by molar-refractivity contribution is 4.91. The predicted octanol–water partition coefficient (Wildman–Crippen LogP) is 5.71. The first-order valence-electron chi connectivity index (χ1n) is 10.4. The Morgan fingerprint density at radius 1 is 0.913 bits per heavy atom. The molecular weight excluding hydrogens is 280 g/mol. The molecule has 2 nitrogen and oxygen atoms in total. The van der Waals surface area contributed by atoms with Crippen LogP contribution < -0.4 is 0 Å². The van der Waals surface area contributed by atoms with Gasteiger partial charge in [-0.05, 0) is 60.3 Å². The van der Waals surface area contributed by atoms with Crippen molar-refractivity contribution in [2.75, 3.05) is 27.2 Å². The van der Waals surface area contributed by atoms with Crippen LogP contribution in [0.4, 0.5) is 0 Å². The fourth-order valence-electron chi connectivity index (χ4n) is 3.89. The molecule has 0 aromatic rings. The monoisotopic (exact) mass is 324 g/mol. The van der Waals surface area contributed by atoms with Gasteiger partial charge in [0.25, 0.3) is 0 Å². The first-order valence-corrected chi connectivity index (χ1v) is 10.4. The van der Waals surface area contributed by atoms with Gasteiger partial charge in [0.15, 0.2) is 0 Å². The molecule has 0 aliphatic carbocycles. The van der Waals surface area contributed by atoms with Crippen molar-refractivity contribution in [1.82, 2.24) is 9.80 Å². The molecule has 0 radical (unpaired) electrons. The molecule has 0 saturated carbocycles. The van der Waals surface area contributed by atoms with Gasteiger partial charge >= 0.3 is 0 Å². The molecule has 1 rings (SSSR count). The topological polar surface area (TPSA) is 6.48 Å². The van der Waals surface area contributed by atoms with E-state index in [1.165, 1.54) is 90.1 Å². The van der Waals surface area contributed by atoms with Gasteiger partial charge in [0.05, 0.1) is 0 Å². The molecule has 1 fully saturated rings. The summed E-state index contributed by atoms with van der Waals surface area (Å²) >= 11 is 0. The van der Waals surface area contributed by atoms with Crippen LogP contribution in [0.25, 0.3) is 0 Å². The van der Waals surface area contributed by atoms with Crippen molar-refractivity contribution in [3.05, 3.63) is 0 Å². The summed E-state index contributed by atoms with van der Waals surface area (Å²) in [6.45, 7) is 9.63. The molecule has 0 aromatic carbocycles.